The maximum absolute atomic E-state index is 10.9. The molecule has 0 radical (unpaired) electrons. The Morgan fingerprint density at radius 2 is 2.19 bits per heavy atom. The first kappa shape index (κ1) is 12.6. The van der Waals surface area contributed by atoms with E-state index in [0.717, 1.165) is 0 Å². The zero-order valence-corrected chi connectivity index (χ0v) is 9.84. The molecule has 1 atom stereocenters. The van der Waals surface area contributed by atoms with Crippen molar-refractivity contribution >= 4 is 5.97 Å². The summed E-state index contributed by atoms with van der Waals surface area (Å²) >= 11 is 0. The van der Waals surface area contributed by atoms with E-state index < -0.39 is 12.1 Å². The first-order chi connectivity index (χ1) is 7.34. The third kappa shape index (κ3) is 2.99. The average Bonchev–Trinajstić information content (AvgIpc) is 2.65. The minimum absolute atomic E-state index is 0.125. The lowest BCUT2D eigenvalue weighted by atomic mass is 10.1. The molecule has 0 fully saturated rings. The van der Waals surface area contributed by atoms with E-state index in [0.29, 0.717) is 0 Å². The largest absolute Gasteiger partial charge is 0.469 e. The van der Waals surface area contributed by atoms with E-state index in [-0.39, 0.29) is 17.8 Å². The Hall–Kier alpha value is -1.50. The number of ether oxygens (including phenoxy) is 1. The average molecular weight is 228 g/mol. The van der Waals surface area contributed by atoms with Crippen molar-refractivity contribution in [3.63, 3.8) is 0 Å². The highest BCUT2D eigenvalue weighted by molar-refractivity contribution is 5.69. The molecular weight excluding hydrogens is 212 g/mol. The molecule has 0 aliphatic carbocycles. The van der Waals surface area contributed by atoms with Crippen molar-refractivity contribution in [2.75, 3.05) is 7.11 Å². The maximum Gasteiger partial charge on any atom is 0.308 e. The monoisotopic (exact) mass is 228 g/mol. The Bertz CT molecular complexity index is 369. The van der Waals surface area contributed by atoms with E-state index in [1.165, 1.54) is 11.9 Å². The van der Waals surface area contributed by atoms with Gasteiger partial charge in [-0.25, -0.2) is 0 Å². The minimum Gasteiger partial charge on any atom is -0.469 e. The predicted molar refractivity (Wildman–Crippen MR) is 54.4 cm³/mol. The van der Waals surface area contributed by atoms with E-state index >= 15 is 0 Å². The van der Waals surface area contributed by atoms with Crippen LogP contribution in [0.15, 0.2) is 0 Å². The standard InChI is InChI=1S/C9H16N4O3/c1-9(2,3)13-11-8(10-12-13)6(14)5-7(15)16-4/h6,14H,5H2,1-4H3/t6-/m0/s1. The van der Waals surface area contributed by atoms with Gasteiger partial charge in [0, 0.05) is 0 Å². The molecule has 90 valence electrons. The Kier molecular flexibility index (Phi) is 3.58. The molecule has 16 heavy (non-hydrogen) atoms. The molecule has 1 N–H and O–H groups in total. The number of rotatable bonds is 3. The van der Waals surface area contributed by atoms with Gasteiger partial charge in [0.25, 0.3) is 0 Å². The molecule has 0 aliphatic heterocycles. The van der Waals surface area contributed by atoms with Gasteiger partial charge in [-0.2, -0.15) is 4.80 Å². The van der Waals surface area contributed by atoms with Crippen LogP contribution in [0.2, 0.25) is 0 Å². The van der Waals surface area contributed by atoms with Gasteiger partial charge in [0.2, 0.25) is 5.82 Å². The van der Waals surface area contributed by atoms with Crippen molar-refractivity contribution in [1.29, 1.82) is 0 Å². The molecule has 7 heteroatoms. The second kappa shape index (κ2) is 4.56. The van der Waals surface area contributed by atoms with E-state index in [1.54, 1.807) is 0 Å². The summed E-state index contributed by atoms with van der Waals surface area (Å²) in [5, 5.41) is 21.1. The van der Waals surface area contributed by atoms with Crippen LogP contribution in [0.5, 0.6) is 0 Å². The molecule has 0 amide bonds. The third-order valence-electron chi connectivity index (χ3n) is 1.91. The number of nitrogens with zero attached hydrogens (tertiary/aromatic N) is 4. The smallest absolute Gasteiger partial charge is 0.308 e. The van der Waals surface area contributed by atoms with Crippen LogP contribution in [0.4, 0.5) is 0 Å². The number of tetrazole rings is 1. The van der Waals surface area contributed by atoms with Gasteiger partial charge in [-0.1, -0.05) is 0 Å². The molecule has 1 heterocycles. The molecular formula is C9H16N4O3. The second-order valence-electron chi connectivity index (χ2n) is 4.40. The van der Waals surface area contributed by atoms with E-state index in [9.17, 15) is 9.90 Å². The van der Waals surface area contributed by atoms with E-state index in [2.05, 4.69) is 20.1 Å². The summed E-state index contributed by atoms with van der Waals surface area (Å²) < 4.78 is 4.43. The molecule has 7 nitrogen and oxygen atoms in total. The lowest BCUT2D eigenvalue weighted by Crippen LogP contribution is -2.25. The normalized spacial score (nSPS) is 13.6. The summed E-state index contributed by atoms with van der Waals surface area (Å²) in [7, 11) is 1.26. The van der Waals surface area contributed by atoms with Gasteiger partial charge in [0.1, 0.15) is 6.10 Å². The molecule has 0 spiro atoms. The molecule has 1 rings (SSSR count). The van der Waals surface area contributed by atoms with E-state index in [4.69, 9.17) is 0 Å². The fourth-order valence-electron chi connectivity index (χ4n) is 0.975. The Balaban J connectivity index is 2.74. The zero-order chi connectivity index (χ0) is 12.3. The zero-order valence-electron chi connectivity index (χ0n) is 9.84. The molecule has 0 aliphatic rings. The van der Waals surface area contributed by atoms with Gasteiger partial charge < -0.3 is 9.84 Å². The maximum atomic E-state index is 10.9. The van der Waals surface area contributed by atoms with Crippen molar-refractivity contribution < 1.29 is 14.6 Å². The summed E-state index contributed by atoms with van der Waals surface area (Å²) in [5.41, 5.74) is -0.309. The Morgan fingerprint density at radius 1 is 1.56 bits per heavy atom. The molecule has 0 bridgehead atoms. The number of carbonyl (C=O) groups excluding carboxylic acids is 1. The molecule has 1 aromatic rings. The number of aliphatic hydroxyl groups is 1. The summed E-state index contributed by atoms with van der Waals surface area (Å²) in [6.45, 7) is 5.72. The summed E-state index contributed by atoms with van der Waals surface area (Å²) in [5.74, 6) is -0.389. The Labute approximate surface area is 93.4 Å². The first-order valence-electron chi connectivity index (χ1n) is 4.90. The number of aromatic nitrogens is 4. The SMILES string of the molecule is COC(=O)C[C@H](O)c1nnn(C(C)(C)C)n1. The van der Waals surface area contributed by atoms with Gasteiger partial charge >= 0.3 is 5.97 Å². The summed E-state index contributed by atoms with van der Waals surface area (Å²) in [6.07, 6.45) is -1.25. The molecule has 0 aromatic carbocycles. The van der Waals surface area contributed by atoms with Gasteiger partial charge in [-0.3, -0.25) is 4.79 Å². The quantitative estimate of drug-likeness (QED) is 0.734. The van der Waals surface area contributed by atoms with Crippen LogP contribution in [0.1, 0.15) is 39.1 Å². The lowest BCUT2D eigenvalue weighted by molar-refractivity contribution is -0.143. The van der Waals surface area contributed by atoms with Gasteiger partial charge in [-0.15, -0.1) is 10.2 Å². The highest BCUT2D eigenvalue weighted by Gasteiger charge is 2.22. The van der Waals surface area contributed by atoms with Crippen LogP contribution in [0.3, 0.4) is 0 Å². The fourth-order valence-corrected chi connectivity index (χ4v) is 0.975. The fraction of sp³-hybridized carbons (Fsp3) is 0.778. The number of hydrogen-bond acceptors (Lipinski definition) is 6. The van der Waals surface area contributed by atoms with Crippen LogP contribution in [0, 0.1) is 0 Å². The van der Waals surface area contributed by atoms with Crippen LogP contribution in [0.25, 0.3) is 0 Å². The topological polar surface area (TPSA) is 90.1 Å². The van der Waals surface area contributed by atoms with Crippen LogP contribution >= 0.6 is 0 Å². The molecule has 0 saturated carbocycles. The summed E-state index contributed by atoms with van der Waals surface area (Å²) in [4.78, 5) is 12.3. The first-order valence-corrected chi connectivity index (χ1v) is 4.90. The van der Waals surface area contributed by atoms with Gasteiger partial charge in [-0.05, 0) is 26.0 Å². The van der Waals surface area contributed by atoms with Crippen molar-refractivity contribution in [2.24, 2.45) is 0 Å². The van der Waals surface area contributed by atoms with Crippen molar-refractivity contribution in [2.45, 2.75) is 38.8 Å². The Morgan fingerprint density at radius 3 is 2.62 bits per heavy atom. The number of methoxy groups -OCH3 is 1. The van der Waals surface area contributed by atoms with Crippen LogP contribution < -0.4 is 0 Å². The lowest BCUT2D eigenvalue weighted by Gasteiger charge is -2.15. The van der Waals surface area contributed by atoms with E-state index in [1.807, 2.05) is 20.8 Å². The number of carbonyl (C=O) groups is 1. The van der Waals surface area contributed by atoms with Gasteiger partial charge in [0.05, 0.1) is 19.1 Å². The third-order valence-corrected chi connectivity index (χ3v) is 1.91. The van der Waals surface area contributed by atoms with Crippen LogP contribution in [-0.4, -0.2) is 38.4 Å². The molecule has 1 aromatic heterocycles. The summed E-state index contributed by atoms with van der Waals surface area (Å²) in [6, 6.07) is 0. The highest BCUT2D eigenvalue weighted by atomic mass is 16.5. The number of esters is 1. The minimum atomic E-state index is -1.08. The highest BCUT2D eigenvalue weighted by Crippen LogP contribution is 2.14. The van der Waals surface area contributed by atoms with Crippen LogP contribution in [-0.2, 0) is 15.1 Å². The number of hydrogen-bond donors (Lipinski definition) is 1. The van der Waals surface area contributed by atoms with Crippen molar-refractivity contribution in [3.8, 4) is 0 Å². The van der Waals surface area contributed by atoms with Gasteiger partial charge in [0.15, 0.2) is 0 Å². The van der Waals surface area contributed by atoms with Crippen molar-refractivity contribution in [3.05, 3.63) is 5.82 Å². The number of aliphatic hydroxyl groups excluding tert-OH is 1. The predicted octanol–water partition coefficient (Wildman–Crippen LogP) is 0.0246. The molecule has 0 unspecified atom stereocenters. The second-order valence-corrected chi connectivity index (χ2v) is 4.40. The van der Waals surface area contributed by atoms with Crippen molar-refractivity contribution in [1.82, 2.24) is 20.2 Å². The molecule has 0 saturated heterocycles.